The van der Waals surface area contributed by atoms with Crippen LogP contribution in [0.4, 0.5) is 5.69 Å². The summed E-state index contributed by atoms with van der Waals surface area (Å²) >= 11 is 0. The molecule has 2 aromatic carbocycles. The number of nitrogens with zero attached hydrogens (tertiary/aromatic N) is 3. The van der Waals surface area contributed by atoms with Crippen LogP contribution >= 0.6 is 0 Å². The fourth-order valence-electron chi connectivity index (χ4n) is 4.47. The highest BCUT2D eigenvalue weighted by molar-refractivity contribution is 7.89. The molecule has 5 N–H and O–H groups in total. The Kier molecular flexibility index (Phi) is 11.6. The molecule has 13 nitrogen and oxygen atoms in total. The number of piperidine rings is 1. The van der Waals surface area contributed by atoms with Crippen molar-refractivity contribution in [2.45, 2.75) is 69.4 Å². The van der Waals surface area contributed by atoms with Crippen molar-refractivity contribution in [3.05, 3.63) is 69.8 Å². The van der Waals surface area contributed by atoms with Crippen LogP contribution in [-0.4, -0.2) is 78.3 Å². The first-order valence-corrected chi connectivity index (χ1v) is 14.8. The summed E-state index contributed by atoms with van der Waals surface area (Å²) in [7, 11) is -2.45. The van der Waals surface area contributed by atoms with E-state index in [1.165, 1.54) is 41.3 Å². The van der Waals surface area contributed by atoms with Crippen LogP contribution in [0.25, 0.3) is 0 Å². The molecular weight excluding hydrogens is 564 g/mol. The molecule has 42 heavy (non-hydrogen) atoms. The maximum absolute atomic E-state index is 13.7. The molecule has 14 heteroatoms. The Hall–Kier alpha value is -4.04. The van der Waals surface area contributed by atoms with Crippen molar-refractivity contribution < 1.29 is 28.0 Å². The number of benzene rings is 2. The van der Waals surface area contributed by atoms with Crippen LogP contribution in [0.1, 0.15) is 51.7 Å². The Morgan fingerprint density at radius 2 is 1.74 bits per heavy atom. The molecule has 230 valence electrons. The molecule has 0 spiro atoms. The summed E-state index contributed by atoms with van der Waals surface area (Å²) in [5, 5.41) is 26.2. The van der Waals surface area contributed by atoms with Gasteiger partial charge in [-0.1, -0.05) is 45.0 Å². The van der Waals surface area contributed by atoms with Crippen molar-refractivity contribution in [2.24, 2.45) is 5.73 Å². The molecule has 2 aromatic rings. The number of carboxylic acid groups (broad SMARTS) is 1. The van der Waals surface area contributed by atoms with Crippen molar-refractivity contribution in [2.75, 3.05) is 20.1 Å². The number of hydrogen-bond donors (Lipinski definition) is 4. The van der Waals surface area contributed by atoms with Crippen molar-refractivity contribution in [1.82, 2.24) is 14.5 Å². The zero-order chi connectivity index (χ0) is 31.8. The zero-order valence-corrected chi connectivity index (χ0v) is 25.3. The minimum Gasteiger partial charge on any atom is -0.481 e. The first kappa shape index (κ1) is 34.2. The third-order valence-electron chi connectivity index (χ3n) is 6.85. The molecule has 1 aliphatic rings. The molecular formula is C28H40N6O7S. The number of sulfonamides is 1. The number of nitrogens with two attached hydrogens (primary N) is 1. The normalized spacial score (nSPS) is 16.0. The maximum Gasteiger partial charge on any atom is 0.300 e. The average Bonchev–Trinajstić information content (AvgIpc) is 2.91. The lowest BCUT2D eigenvalue weighted by atomic mass is 9.87. The number of nitro benzene ring substituents is 1. The van der Waals surface area contributed by atoms with Crippen LogP contribution in [0.5, 0.6) is 0 Å². The maximum atomic E-state index is 13.7. The van der Waals surface area contributed by atoms with E-state index in [1.54, 1.807) is 24.1 Å². The van der Waals surface area contributed by atoms with Gasteiger partial charge in [-0.3, -0.25) is 25.1 Å². The second-order valence-electron chi connectivity index (χ2n) is 11.2. The third kappa shape index (κ3) is 9.80. The number of nitrogens with one attached hydrogen (secondary N) is 2. The highest BCUT2D eigenvalue weighted by atomic mass is 32.2. The number of carboxylic acids is 1. The molecule has 1 aliphatic heterocycles. The van der Waals surface area contributed by atoms with Crippen LogP contribution in [0.15, 0.2) is 53.4 Å². The largest absolute Gasteiger partial charge is 0.481 e. The molecule has 0 saturated carbocycles. The number of carbonyl (C=O) groups excluding carboxylic acids is 1. The smallest absolute Gasteiger partial charge is 0.300 e. The minimum absolute atomic E-state index is 0.00359. The second kappa shape index (κ2) is 14.2. The highest BCUT2D eigenvalue weighted by Crippen LogP contribution is 2.24. The number of hydrogen-bond acceptors (Lipinski definition) is 7. The molecule has 0 bridgehead atoms. The van der Waals surface area contributed by atoms with Gasteiger partial charge in [0.05, 0.1) is 9.82 Å². The van der Waals surface area contributed by atoms with E-state index in [-0.39, 0.29) is 34.4 Å². The number of carbonyl (C=O) groups is 2. The van der Waals surface area contributed by atoms with E-state index >= 15 is 0 Å². The molecule has 0 aromatic heterocycles. The predicted molar refractivity (Wildman–Crippen MR) is 159 cm³/mol. The van der Waals surface area contributed by atoms with E-state index in [0.29, 0.717) is 25.1 Å². The summed E-state index contributed by atoms with van der Waals surface area (Å²) in [5.74, 6) is -1.34. The van der Waals surface area contributed by atoms with E-state index in [0.717, 1.165) is 18.9 Å². The number of nitro groups is 1. The van der Waals surface area contributed by atoms with Crippen molar-refractivity contribution in [3.63, 3.8) is 0 Å². The first-order valence-electron chi connectivity index (χ1n) is 13.3. The number of likely N-dealkylation sites (tertiary alicyclic amines) is 1. The van der Waals surface area contributed by atoms with Gasteiger partial charge in [0.15, 0.2) is 5.96 Å². The fourth-order valence-corrected chi connectivity index (χ4v) is 5.66. The van der Waals surface area contributed by atoms with Gasteiger partial charge in [-0.15, -0.1) is 0 Å². The summed E-state index contributed by atoms with van der Waals surface area (Å²) in [6.07, 6.45) is 1.43. The molecule has 1 saturated heterocycles. The molecule has 2 unspecified atom stereocenters. The van der Waals surface area contributed by atoms with E-state index in [2.05, 4.69) is 4.72 Å². The molecule has 0 aliphatic carbocycles. The van der Waals surface area contributed by atoms with Crippen LogP contribution in [0, 0.1) is 15.5 Å². The minimum atomic E-state index is -4.07. The highest BCUT2D eigenvalue weighted by Gasteiger charge is 2.33. The summed E-state index contributed by atoms with van der Waals surface area (Å²) < 4.78 is 29.3. The van der Waals surface area contributed by atoms with Crippen molar-refractivity contribution in [1.29, 1.82) is 5.41 Å². The molecule has 3 rings (SSSR count). The van der Waals surface area contributed by atoms with Gasteiger partial charge in [0.25, 0.3) is 11.7 Å². The molecule has 1 fully saturated rings. The Labute approximate surface area is 246 Å². The van der Waals surface area contributed by atoms with Crippen LogP contribution < -0.4 is 10.5 Å². The zero-order valence-electron chi connectivity index (χ0n) is 24.5. The monoisotopic (exact) mass is 604 g/mol. The van der Waals surface area contributed by atoms with Gasteiger partial charge in [0.2, 0.25) is 15.9 Å². The lowest BCUT2D eigenvalue weighted by Gasteiger charge is -2.39. The SMILES string of the molecule is CC(=O)O.CN(C(=O)C(Cc1ccc([N+](=O)[O-])cc1)NS(=O)(=O)c1ccc(C(C)(C)C)cc1)C1CCCN(C(=N)N)C1. The van der Waals surface area contributed by atoms with Gasteiger partial charge in [0.1, 0.15) is 6.04 Å². The number of amides is 1. The first-order chi connectivity index (χ1) is 19.4. The molecule has 0 radical (unpaired) electrons. The van der Waals surface area contributed by atoms with Crippen molar-refractivity contribution >= 4 is 33.5 Å². The number of non-ortho nitro benzene ring substituents is 1. The third-order valence-corrected chi connectivity index (χ3v) is 8.33. The standard InChI is InChI=1S/C26H36N6O5S.C2H4O2/c1-26(2,3)19-9-13-22(14-10-19)38(36,37)29-23(16-18-7-11-20(12-8-18)32(34)35)24(33)30(4)21-6-5-15-31(17-21)25(27)28;1-2(3)4/h7-14,21,23,29H,5-6,15-17H2,1-4H3,(H3,27,28);1H3,(H,3,4). The molecule has 1 heterocycles. The Morgan fingerprint density at radius 1 is 1.19 bits per heavy atom. The summed E-state index contributed by atoms with van der Waals surface area (Å²) in [6.45, 7) is 8.17. The van der Waals surface area contributed by atoms with Gasteiger partial charge in [-0.2, -0.15) is 4.72 Å². The van der Waals surface area contributed by atoms with Gasteiger partial charge >= 0.3 is 0 Å². The van der Waals surface area contributed by atoms with E-state index < -0.39 is 32.9 Å². The van der Waals surface area contributed by atoms with Crippen LogP contribution in [-0.2, 0) is 31.4 Å². The van der Waals surface area contributed by atoms with E-state index in [4.69, 9.17) is 21.0 Å². The summed E-state index contributed by atoms with van der Waals surface area (Å²) in [4.78, 5) is 36.4. The topological polar surface area (TPSA) is 200 Å². The average molecular weight is 605 g/mol. The Bertz CT molecular complexity index is 1370. The molecule has 1 amide bonds. The lowest BCUT2D eigenvalue weighted by molar-refractivity contribution is -0.384. The van der Waals surface area contributed by atoms with Gasteiger partial charge in [-0.05, 0) is 47.9 Å². The predicted octanol–water partition coefficient (Wildman–Crippen LogP) is 2.69. The number of aliphatic carboxylic acids is 1. The number of likely N-dealkylation sites (N-methyl/N-ethyl adjacent to an activating group) is 1. The lowest BCUT2D eigenvalue weighted by Crippen LogP contribution is -2.56. The van der Waals surface area contributed by atoms with Gasteiger partial charge in [0, 0.05) is 45.2 Å². The molecule has 2 atom stereocenters. The van der Waals surface area contributed by atoms with Gasteiger partial charge < -0.3 is 20.6 Å². The van der Waals surface area contributed by atoms with Crippen LogP contribution in [0.3, 0.4) is 0 Å². The number of guanidine groups is 1. The quantitative estimate of drug-likeness (QED) is 0.151. The van der Waals surface area contributed by atoms with Crippen LogP contribution in [0.2, 0.25) is 0 Å². The second-order valence-corrected chi connectivity index (χ2v) is 12.9. The Balaban J connectivity index is 0.00000144. The Morgan fingerprint density at radius 3 is 2.21 bits per heavy atom. The van der Waals surface area contributed by atoms with Crippen molar-refractivity contribution in [3.8, 4) is 0 Å². The van der Waals surface area contributed by atoms with Gasteiger partial charge in [-0.25, -0.2) is 8.42 Å². The fraction of sp³-hybridized carbons (Fsp3) is 0.464. The summed E-state index contributed by atoms with van der Waals surface area (Å²) in [5.41, 5.74) is 6.95. The summed E-state index contributed by atoms with van der Waals surface area (Å²) in [6, 6.07) is 10.8. The van der Waals surface area contributed by atoms with E-state index in [1.807, 2.05) is 20.8 Å². The van der Waals surface area contributed by atoms with E-state index in [9.17, 15) is 23.3 Å². The number of rotatable bonds is 8.